The van der Waals surface area contributed by atoms with E-state index in [4.69, 9.17) is 5.73 Å². The van der Waals surface area contributed by atoms with E-state index in [9.17, 15) is 4.79 Å². The van der Waals surface area contributed by atoms with E-state index in [0.717, 1.165) is 12.2 Å². The number of hydrogen-bond acceptors (Lipinski definition) is 4. The summed E-state index contributed by atoms with van der Waals surface area (Å²) >= 11 is 3.31. The summed E-state index contributed by atoms with van der Waals surface area (Å²) < 4.78 is 0. The molecule has 0 fully saturated rings. The van der Waals surface area contributed by atoms with E-state index >= 15 is 0 Å². The molecule has 0 aliphatic heterocycles. The van der Waals surface area contributed by atoms with Crippen LogP contribution in [-0.2, 0) is 4.79 Å². The van der Waals surface area contributed by atoms with Crippen LogP contribution in [-0.4, -0.2) is 23.5 Å². The summed E-state index contributed by atoms with van der Waals surface area (Å²) in [6, 6.07) is 4.37. The first-order chi connectivity index (χ1) is 8.09. The van der Waals surface area contributed by atoms with E-state index in [2.05, 4.69) is 5.32 Å². The fourth-order valence-electron chi connectivity index (χ4n) is 1.33. The number of hydrogen-bond donors (Lipinski definition) is 2. The maximum atomic E-state index is 11.6. The first-order valence-corrected chi connectivity index (χ1v) is 7.79. The molecule has 3 N–H and O–H groups in total. The molecule has 1 aromatic heterocycles. The molecule has 0 spiro atoms. The second-order valence-electron chi connectivity index (χ2n) is 4.12. The van der Waals surface area contributed by atoms with Gasteiger partial charge in [-0.05, 0) is 37.5 Å². The third-order valence-corrected chi connectivity index (χ3v) is 4.34. The molecule has 1 rings (SSSR count). The van der Waals surface area contributed by atoms with Gasteiger partial charge in [-0.15, -0.1) is 11.3 Å². The lowest BCUT2D eigenvalue weighted by atomic mass is 10.3. The number of thiophene rings is 1. The zero-order chi connectivity index (χ0) is 12.7. The van der Waals surface area contributed by atoms with Gasteiger partial charge in [0.25, 0.3) is 0 Å². The van der Waals surface area contributed by atoms with Crippen molar-refractivity contribution in [2.45, 2.75) is 32.4 Å². The highest BCUT2D eigenvalue weighted by molar-refractivity contribution is 7.99. The average Bonchev–Trinajstić information content (AvgIpc) is 2.77. The van der Waals surface area contributed by atoms with Gasteiger partial charge in [0, 0.05) is 10.9 Å². The number of amides is 1. The van der Waals surface area contributed by atoms with Crippen LogP contribution in [0.15, 0.2) is 17.5 Å². The lowest BCUT2D eigenvalue weighted by Crippen LogP contribution is -2.28. The maximum absolute atomic E-state index is 11.6. The Hall–Kier alpha value is -0.520. The van der Waals surface area contributed by atoms with Gasteiger partial charge < -0.3 is 11.1 Å². The van der Waals surface area contributed by atoms with E-state index in [1.807, 2.05) is 31.4 Å². The molecule has 1 amide bonds. The van der Waals surface area contributed by atoms with Crippen LogP contribution in [0.4, 0.5) is 0 Å². The number of carbonyl (C=O) groups excluding carboxylic acids is 1. The predicted molar refractivity (Wildman–Crippen MR) is 76.5 cm³/mol. The Bertz CT molecular complexity index is 325. The lowest BCUT2D eigenvalue weighted by Gasteiger charge is -2.12. The van der Waals surface area contributed by atoms with E-state index in [-0.39, 0.29) is 18.0 Å². The molecule has 0 aromatic carbocycles. The highest BCUT2D eigenvalue weighted by Gasteiger charge is 2.09. The quantitative estimate of drug-likeness (QED) is 0.749. The molecule has 0 aliphatic rings. The third kappa shape index (κ3) is 6.10. The minimum atomic E-state index is 0.0978. The SMILES string of the molecule is CC(N)CCSCC(=O)NC(C)c1cccs1. The third-order valence-electron chi connectivity index (χ3n) is 2.30. The Balaban J connectivity index is 2.17. The van der Waals surface area contributed by atoms with Gasteiger partial charge in [-0.2, -0.15) is 11.8 Å². The van der Waals surface area contributed by atoms with Crippen molar-refractivity contribution in [1.82, 2.24) is 5.32 Å². The minimum Gasteiger partial charge on any atom is -0.348 e. The fourth-order valence-corrected chi connectivity index (χ4v) is 3.01. The second kappa shape index (κ2) is 7.74. The molecule has 5 heteroatoms. The van der Waals surface area contributed by atoms with Gasteiger partial charge >= 0.3 is 0 Å². The molecule has 0 saturated carbocycles. The molecule has 0 saturated heterocycles. The van der Waals surface area contributed by atoms with Crippen molar-refractivity contribution >= 4 is 29.0 Å². The number of rotatable bonds is 7. The number of nitrogens with one attached hydrogen (secondary N) is 1. The van der Waals surface area contributed by atoms with Crippen molar-refractivity contribution in [2.75, 3.05) is 11.5 Å². The van der Waals surface area contributed by atoms with Crippen molar-refractivity contribution in [3.8, 4) is 0 Å². The number of thioether (sulfide) groups is 1. The van der Waals surface area contributed by atoms with Gasteiger partial charge in [0.2, 0.25) is 5.91 Å². The number of carbonyl (C=O) groups is 1. The minimum absolute atomic E-state index is 0.0978. The van der Waals surface area contributed by atoms with Gasteiger partial charge in [0.1, 0.15) is 0 Å². The van der Waals surface area contributed by atoms with Crippen LogP contribution >= 0.6 is 23.1 Å². The van der Waals surface area contributed by atoms with Crippen molar-refractivity contribution in [3.63, 3.8) is 0 Å². The molecule has 3 nitrogen and oxygen atoms in total. The molecule has 0 aliphatic carbocycles. The lowest BCUT2D eigenvalue weighted by molar-refractivity contribution is -0.119. The summed E-state index contributed by atoms with van der Waals surface area (Å²) in [4.78, 5) is 12.8. The van der Waals surface area contributed by atoms with Crippen LogP contribution in [0, 0.1) is 0 Å². The van der Waals surface area contributed by atoms with Crippen LogP contribution in [0.25, 0.3) is 0 Å². The van der Waals surface area contributed by atoms with Gasteiger partial charge in [0.05, 0.1) is 11.8 Å². The average molecular weight is 272 g/mol. The van der Waals surface area contributed by atoms with Crippen LogP contribution in [0.1, 0.15) is 31.2 Å². The van der Waals surface area contributed by atoms with Crippen LogP contribution < -0.4 is 11.1 Å². The molecule has 17 heavy (non-hydrogen) atoms. The van der Waals surface area contributed by atoms with Crippen molar-refractivity contribution in [2.24, 2.45) is 5.73 Å². The second-order valence-corrected chi connectivity index (χ2v) is 6.21. The van der Waals surface area contributed by atoms with Crippen molar-refractivity contribution in [1.29, 1.82) is 0 Å². The van der Waals surface area contributed by atoms with Crippen molar-refractivity contribution < 1.29 is 4.79 Å². The first-order valence-electron chi connectivity index (χ1n) is 5.75. The summed E-state index contributed by atoms with van der Waals surface area (Å²) in [6.45, 7) is 4.00. The van der Waals surface area contributed by atoms with Crippen LogP contribution in [0.3, 0.4) is 0 Å². The normalized spacial score (nSPS) is 14.3. The summed E-state index contributed by atoms with van der Waals surface area (Å²) in [6.07, 6.45) is 0.957. The summed E-state index contributed by atoms with van der Waals surface area (Å²) in [5.41, 5.74) is 5.64. The topological polar surface area (TPSA) is 55.1 Å². The molecule has 0 radical (unpaired) electrons. The zero-order valence-electron chi connectivity index (χ0n) is 10.3. The Morgan fingerprint density at radius 2 is 2.35 bits per heavy atom. The Kier molecular flexibility index (Phi) is 6.62. The Morgan fingerprint density at radius 1 is 1.59 bits per heavy atom. The molecule has 0 bridgehead atoms. The van der Waals surface area contributed by atoms with Crippen molar-refractivity contribution in [3.05, 3.63) is 22.4 Å². The molecule has 1 heterocycles. The van der Waals surface area contributed by atoms with E-state index < -0.39 is 0 Å². The zero-order valence-corrected chi connectivity index (χ0v) is 11.9. The highest BCUT2D eigenvalue weighted by atomic mass is 32.2. The van der Waals surface area contributed by atoms with Crippen LogP contribution in [0.5, 0.6) is 0 Å². The van der Waals surface area contributed by atoms with Gasteiger partial charge in [-0.1, -0.05) is 6.07 Å². The largest absolute Gasteiger partial charge is 0.348 e. The molecule has 2 atom stereocenters. The molecule has 96 valence electrons. The Labute approximate surface area is 111 Å². The van der Waals surface area contributed by atoms with E-state index in [0.29, 0.717) is 5.75 Å². The monoisotopic (exact) mass is 272 g/mol. The predicted octanol–water partition coefficient (Wildman–Crippen LogP) is 2.40. The Morgan fingerprint density at radius 3 is 2.94 bits per heavy atom. The first kappa shape index (κ1) is 14.5. The smallest absolute Gasteiger partial charge is 0.230 e. The standard InChI is InChI=1S/C12H20N2OS2/c1-9(13)5-7-16-8-12(15)14-10(2)11-4-3-6-17-11/h3-4,6,9-10H,5,7-8,13H2,1-2H3,(H,14,15). The molecule has 2 unspecified atom stereocenters. The summed E-state index contributed by atoms with van der Waals surface area (Å²) in [5, 5.41) is 5.01. The fraction of sp³-hybridized carbons (Fsp3) is 0.583. The molecule has 1 aromatic rings. The van der Waals surface area contributed by atoms with Gasteiger partial charge in [-0.3, -0.25) is 4.79 Å². The highest BCUT2D eigenvalue weighted by Crippen LogP contribution is 2.18. The summed E-state index contributed by atoms with van der Waals surface area (Å²) in [7, 11) is 0. The van der Waals surface area contributed by atoms with Crippen LogP contribution in [0.2, 0.25) is 0 Å². The number of nitrogens with two attached hydrogens (primary N) is 1. The summed E-state index contributed by atoms with van der Waals surface area (Å²) in [5.74, 6) is 1.56. The molecular weight excluding hydrogens is 252 g/mol. The maximum Gasteiger partial charge on any atom is 0.230 e. The van der Waals surface area contributed by atoms with E-state index in [1.54, 1.807) is 23.1 Å². The van der Waals surface area contributed by atoms with Gasteiger partial charge in [0.15, 0.2) is 0 Å². The molecular formula is C12H20N2OS2. The van der Waals surface area contributed by atoms with E-state index in [1.165, 1.54) is 4.88 Å². The van der Waals surface area contributed by atoms with Gasteiger partial charge in [-0.25, -0.2) is 0 Å².